The van der Waals surface area contributed by atoms with Crippen molar-refractivity contribution in [1.82, 2.24) is 0 Å². The predicted octanol–water partition coefficient (Wildman–Crippen LogP) is 4.22. The Morgan fingerprint density at radius 2 is 1.85 bits per heavy atom. The van der Waals surface area contributed by atoms with Gasteiger partial charge in [-0.1, -0.05) is 48.5 Å². The van der Waals surface area contributed by atoms with E-state index in [1.165, 1.54) is 22.1 Å². The first-order chi connectivity index (χ1) is 9.84. The van der Waals surface area contributed by atoms with Gasteiger partial charge in [0, 0.05) is 0 Å². The molecule has 0 N–H and O–H groups in total. The van der Waals surface area contributed by atoms with Gasteiger partial charge in [0.2, 0.25) is 5.78 Å². The summed E-state index contributed by atoms with van der Waals surface area (Å²) in [6.07, 6.45) is -0.421. The minimum Gasteiger partial charge on any atom is -0.356 e. The summed E-state index contributed by atoms with van der Waals surface area (Å²) in [6, 6.07) is 18.1. The SMILES string of the molecule is O=C(c1cccs1)[C@@H]1O[C@H]1c1cccc2ccccc12. The molecule has 1 saturated heterocycles. The Labute approximate surface area is 120 Å². The average Bonchev–Trinajstić information content (AvgIpc) is 3.09. The Morgan fingerprint density at radius 3 is 2.70 bits per heavy atom. The number of hydrogen-bond acceptors (Lipinski definition) is 3. The quantitative estimate of drug-likeness (QED) is 0.531. The van der Waals surface area contributed by atoms with Crippen LogP contribution >= 0.6 is 11.3 Å². The molecule has 2 atom stereocenters. The highest BCUT2D eigenvalue weighted by Gasteiger charge is 2.47. The molecule has 1 aliphatic rings. The van der Waals surface area contributed by atoms with E-state index in [9.17, 15) is 4.79 Å². The zero-order valence-corrected chi connectivity index (χ0v) is 11.5. The highest BCUT2D eigenvalue weighted by atomic mass is 32.1. The van der Waals surface area contributed by atoms with Gasteiger partial charge < -0.3 is 4.74 Å². The second-order valence-electron chi connectivity index (χ2n) is 4.89. The molecule has 1 aliphatic heterocycles. The Kier molecular flexibility index (Phi) is 2.69. The van der Waals surface area contributed by atoms with Crippen LogP contribution in [0.3, 0.4) is 0 Å². The number of ether oxygens (including phenoxy) is 1. The summed E-state index contributed by atoms with van der Waals surface area (Å²) in [5.74, 6) is 0.0953. The van der Waals surface area contributed by atoms with Gasteiger partial charge in [-0.05, 0) is 27.8 Å². The molecule has 20 heavy (non-hydrogen) atoms. The zero-order chi connectivity index (χ0) is 13.5. The first-order valence-electron chi connectivity index (χ1n) is 6.55. The lowest BCUT2D eigenvalue weighted by atomic mass is 9.99. The third-order valence-electron chi connectivity index (χ3n) is 3.64. The van der Waals surface area contributed by atoms with Crippen molar-refractivity contribution >= 4 is 27.9 Å². The van der Waals surface area contributed by atoms with Gasteiger partial charge in [-0.3, -0.25) is 4.79 Å². The van der Waals surface area contributed by atoms with Crippen molar-refractivity contribution in [2.75, 3.05) is 0 Å². The van der Waals surface area contributed by atoms with Crippen LogP contribution in [0.1, 0.15) is 21.3 Å². The summed E-state index contributed by atoms with van der Waals surface area (Å²) in [4.78, 5) is 13.0. The van der Waals surface area contributed by atoms with E-state index in [4.69, 9.17) is 4.74 Å². The summed E-state index contributed by atoms with van der Waals surface area (Å²) in [6.45, 7) is 0. The van der Waals surface area contributed by atoms with E-state index in [0.717, 1.165) is 10.4 Å². The molecule has 1 fully saturated rings. The number of Topliss-reactive ketones (excluding diaryl/α,β-unsaturated/α-hetero) is 1. The van der Waals surface area contributed by atoms with Gasteiger partial charge in [0.05, 0.1) is 4.88 Å². The fourth-order valence-electron chi connectivity index (χ4n) is 2.61. The van der Waals surface area contributed by atoms with Crippen molar-refractivity contribution in [1.29, 1.82) is 0 Å². The van der Waals surface area contributed by atoms with Crippen molar-refractivity contribution in [3.63, 3.8) is 0 Å². The van der Waals surface area contributed by atoms with E-state index < -0.39 is 0 Å². The summed E-state index contributed by atoms with van der Waals surface area (Å²) in [5, 5.41) is 4.27. The zero-order valence-electron chi connectivity index (χ0n) is 10.7. The molecule has 3 aromatic rings. The molecule has 0 bridgehead atoms. The maximum Gasteiger partial charge on any atom is 0.204 e. The van der Waals surface area contributed by atoms with Gasteiger partial charge in [-0.25, -0.2) is 0 Å². The lowest BCUT2D eigenvalue weighted by Gasteiger charge is -2.03. The number of rotatable bonds is 3. The van der Waals surface area contributed by atoms with Gasteiger partial charge in [0.1, 0.15) is 6.10 Å². The summed E-state index contributed by atoms with van der Waals surface area (Å²) >= 11 is 1.47. The molecule has 2 heterocycles. The maximum atomic E-state index is 12.3. The van der Waals surface area contributed by atoms with E-state index in [-0.39, 0.29) is 18.0 Å². The molecule has 3 heteroatoms. The van der Waals surface area contributed by atoms with Gasteiger partial charge >= 0.3 is 0 Å². The standard InChI is InChI=1S/C17H12O2S/c18-15(14-9-4-10-20-14)17-16(19-17)13-8-3-6-11-5-1-2-7-12(11)13/h1-10,16-17H/t16-,17-/m0/s1. The van der Waals surface area contributed by atoms with Crippen molar-refractivity contribution in [2.45, 2.75) is 12.2 Å². The molecule has 2 nitrogen and oxygen atoms in total. The molecule has 1 aromatic heterocycles. The Hall–Kier alpha value is -1.97. The first-order valence-corrected chi connectivity index (χ1v) is 7.43. The number of epoxide rings is 1. The topological polar surface area (TPSA) is 29.6 Å². The number of hydrogen-bond donors (Lipinski definition) is 0. The van der Waals surface area contributed by atoms with Crippen LogP contribution in [0.4, 0.5) is 0 Å². The van der Waals surface area contributed by atoms with E-state index in [1.807, 2.05) is 35.7 Å². The maximum absolute atomic E-state index is 12.3. The van der Waals surface area contributed by atoms with Crippen molar-refractivity contribution < 1.29 is 9.53 Å². The summed E-state index contributed by atoms with van der Waals surface area (Å²) in [7, 11) is 0. The number of ketones is 1. The van der Waals surface area contributed by atoms with Crippen LogP contribution in [0.5, 0.6) is 0 Å². The minimum atomic E-state index is -0.320. The fourth-order valence-corrected chi connectivity index (χ4v) is 3.30. The summed E-state index contributed by atoms with van der Waals surface area (Å²) < 4.78 is 5.65. The largest absolute Gasteiger partial charge is 0.356 e. The van der Waals surface area contributed by atoms with Crippen LogP contribution in [-0.4, -0.2) is 11.9 Å². The van der Waals surface area contributed by atoms with E-state index in [0.29, 0.717) is 0 Å². The van der Waals surface area contributed by atoms with Gasteiger partial charge in [0.25, 0.3) is 0 Å². The summed E-state index contributed by atoms with van der Waals surface area (Å²) in [5.41, 5.74) is 1.11. The van der Waals surface area contributed by atoms with E-state index >= 15 is 0 Å². The Morgan fingerprint density at radius 1 is 1.00 bits per heavy atom. The fraction of sp³-hybridized carbons (Fsp3) is 0.118. The average molecular weight is 280 g/mol. The minimum absolute atomic E-state index is 0.0953. The molecule has 98 valence electrons. The van der Waals surface area contributed by atoms with E-state index in [2.05, 4.69) is 24.3 Å². The van der Waals surface area contributed by atoms with Crippen LogP contribution in [0.25, 0.3) is 10.8 Å². The third-order valence-corrected chi connectivity index (χ3v) is 4.53. The highest BCUT2D eigenvalue weighted by Crippen LogP contribution is 2.43. The van der Waals surface area contributed by atoms with Gasteiger partial charge in [0.15, 0.2) is 6.10 Å². The lowest BCUT2D eigenvalue weighted by Crippen LogP contribution is -2.06. The normalized spacial score (nSPS) is 21.0. The molecule has 0 radical (unpaired) electrons. The molecule has 2 aromatic carbocycles. The van der Waals surface area contributed by atoms with Gasteiger partial charge in [-0.15, -0.1) is 11.3 Å². The van der Waals surface area contributed by atoms with Crippen LogP contribution < -0.4 is 0 Å². The molecule has 0 amide bonds. The van der Waals surface area contributed by atoms with Gasteiger partial charge in [-0.2, -0.15) is 0 Å². The molecular weight excluding hydrogens is 268 g/mol. The molecule has 4 rings (SSSR count). The van der Waals surface area contributed by atoms with Crippen LogP contribution in [0.15, 0.2) is 60.0 Å². The van der Waals surface area contributed by atoms with Crippen LogP contribution in [-0.2, 0) is 4.74 Å². The molecular formula is C17H12O2S. The van der Waals surface area contributed by atoms with E-state index in [1.54, 1.807) is 0 Å². The predicted molar refractivity (Wildman–Crippen MR) is 80.2 cm³/mol. The second-order valence-corrected chi connectivity index (χ2v) is 5.83. The monoisotopic (exact) mass is 280 g/mol. The smallest absolute Gasteiger partial charge is 0.204 e. The highest BCUT2D eigenvalue weighted by molar-refractivity contribution is 7.12. The molecule has 0 aliphatic carbocycles. The number of benzene rings is 2. The lowest BCUT2D eigenvalue weighted by molar-refractivity contribution is 0.0957. The van der Waals surface area contributed by atoms with Crippen LogP contribution in [0, 0.1) is 0 Å². The first kappa shape index (κ1) is 11.8. The number of thiophene rings is 1. The Balaban J connectivity index is 1.68. The third kappa shape index (κ3) is 1.87. The van der Waals surface area contributed by atoms with Crippen molar-refractivity contribution in [3.05, 3.63) is 70.4 Å². The number of carbonyl (C=O) groups is 1. The molecule has 0 saturated carbocycles. The molecule has 0 unspecified atom stereocenters. The Bertz CT molecular complexity index is 771. The molecule has 0 spiro atoms. The number of fused-ring (bicyclic) bond motifs is 1. The van der Waals surface area contributed by atoms with Crippen molar-refractivity contribution in [3.8, 4) is 0 Å². The van der Waals surface area contributed by atoms with Crippen LogP contribution in [0.2, 0.25) is 0 Å². The second kappa shape index (κ2) is 4.54. The number of carbonyl (C=O) groups excluding carboxylic acids is 1. The van der Waals surface area contributed by atoms with Crippen molar-refractivity contribution in [2.24, 2.45) is 0 Å².